The van der Waals surface area contributed by atoms with Crippen LogP contribution >= 0.6 is 0 Å². The molecule has 104 valence electrons. The van der Waals surface area contributed by atoms with Crippen LogP contribution in [0.15, 0.2) is 24.3 Å². The summed E-state index contributed by atoms with van der Waals surface area (Å²) in [6.45, 7) is 3.10. The highest BCUT2D eigenvalue weighted by molar-refractivity contribution is 5.92. The van der Waals surface area contributed by atoms with Crippen molar-refractivity contribution in [2.24, 2.45) is 0 Å². The Kier molecular flexibility index (Phi) is 4.49. The Morgan fingerprint density at radius 1 is 1.30 bits per heavy atom. The number of nitrogens with one attached hydrogen (secondary N) is 1. The third kappa shape index (κ3) is 3.22. The van der Waals surface area contributed by atoms with E-state index in [1.54, 1.807) is 0 Å². The first-order chi connectivity index (χ1) is 9.61. The largest absolute Gasteiger partial charge is 0.380 e. The zero-order valence-corrected chi connectivity index (χ0v) is 12.1. The van der Waals surface area contributed by atoms with Gasteiger partial charge in [0, 0.05) is 11.4 Å². The summed E-state index contributed by atoms with van der Waals surface area (Å²) < 4.78 is 0. The predicted molar refractivity (Wildman–Crippen MR) is 80.5 cm³/mol. The highest BCUT2D eigenvalue weighted by Crippen LogP contribution is 2.24. The van der Waals surface area contributed by atoms with Crippen molar-refractivity contribution < 1.29 is 0 Å². The van der Waals surface area contributed by atoms with E-state index >= 15 is 0 Å². The Morgan fingerprint density at radius 2 is 2.05 bits per heavy atom. The second kappa shape index (κ2) is 6.31. The van der Waals surface area contributed by atoms with Crippen LogP contribution < -0.4 is 5.32 Å². The Labute approximate surface area is 119 Å². The molecule has 5 nitrogen and oxygen atoms in total. The molecular weight excluding hydrogens is 250 g/mol. The highest BCUT2D eigenvalue weighted by Gasteiger charge is 2.12. The third-order valence-electron chi connectivity index (χ3n) is 3.17. The minimum absolute atomic E-state index is 0.261. The topological polar surface area (TPSA) is 64.8 Å². The molecule has 20 heavy (non-hydrogen) atoms. The fourth-order valence-corrected chi connectivity index (χ4v) is 2.05. The Hall–Kier alpha value is -2.19. The summed E-state index contributed by atoms with van der Waals surface area (Å²) in [6.07, 6.45) is 0.995. The van der Waals surface area contributed by atoms with Crippen LogP contribution in [0, 0.1) is 11.3 Å². The number of hydrogen-bond acceptors (Lipinski definition) is 5. The molecule has 0 radical (unpaired) electrons. The number of hydrogen-bond donors (Lipinski definition) is 1. The van der Waals surface area contributed by atoms with Gasteiger partial charge in [0.1, 0.15) is 6.07 Å². The number of nitrogens with zero attached hydrogens (tertiary/aromatic N) is 4. The van der Waals surface area contributed by atoms with E-state index in [1.165, 1.54) is 0 Å². The summed E-state index contributed by atoms with van der Waals surface area (Å²) in [5.74, 6) is 0. The average Bonchev–Trinajstić information content (AvgIpc) is 2.45. The van der Waals surface area contributed by atoms with E-state index in [0.717, 1.165) is 29.6 Å². The number of benzene rings is 1. The van der Waals surface area contributed by atoms with Gasteiger partial charge in [-0.15, -0.1) is 10.2 Å². The molecule has 1 unspecified atom stereocenters. The van der Waals surface area contributed by atoms with Gasteiger partial charge in [-0.25, -0.2) is 0 Å². The summed E-state index contributed by atoms with van der Waals surface area (Å²) >= 11 is 0. The number of rotatable bonds is 5. The third-order valence-corrected chi connectivity index (χ3v) is 3.17. The molecule has 0 saturated carbocycles. The van der Waals surface area contributed by atoms with Crippen molar-refractivity contribution in [2.75, 3.05) is 26.0 Å². The predicted octanol–water partition coefficient (Wildman–Crippen LogP) is 2.25. The van der Waals surface area contributed by atoms with Crippen molar-refractivity contribution in [3.8, 4) is 6.07 Å². The molecule has 0 saturated heterocycles. The van der Waals surface area contributed by atoms with Crippen LogP contribution in [0.1, 0.15) is 19.0 Å². The minimum atomic E-state index is 0.261. The molecule has 1 heterocycles. The molecule has 0 aliphatic carbocycles. The second-order valence-electron chi connectivity index (χ2n) is 5.19. The molecule has 0 amide bonds. The normalized spacial score (nSPS) is 12.3. The van der Waals surface area contributed by atoms with Gasteiger partial charge < -0.3 is 10.2 Å². The molecule has 2 aromatic rings. The lowest BCUT2D eigenvalue weighted by Crippen LogP contribution is -2.23. The standard InChI is InChI=1S/C15H19N5/c1-11(8-9-20(2)3)17-15-12-6-4-5-7-13(12)18-19-14(15)10-16/h4-7,11H,8-9H2,1-3H3,(H,17,18). The quantitative estimate of drug-likeness (QED) is 0.902. The van der Waals surface area contributed by atoms with Crippen molar-refractivity contribution in [3.63, 3.8) is 0 Å². The molecule has 1 aromatic heterocycles. The van der Waals surface area contributed by atoms with E-state index in [1.807, 2.05) is 24.3 Å². The Bertz CT molecular complexity index is 630. The lowest BCUT2D eigenvalue weighted by Gasteiger charge is -2.19. The van der Waals surface area contributed by atoms with Gasteiger partial charge in [0.15, 0.2) is 5.69 Å². The summed E-state index contributed by atoms with van der Waals surface area (Å²) in [4.78, 5) is 2.15. The van der Waals surface area contributed by atoms with Crippen LogP contribution in [-0.4, -0.2) is 41.8 Å². The van der Waals surface area contributed by atoms with Gasteiger partial charge in [0.05, 0.1) is 11.2 Å². The van der Waals surface area contributed by atoms with E-state index in [2.05, 4.69) is 47.5 Å². The van der Waals surface area contributed by atoms with Crippen LogP contribution in [0.4, 0.5) is 5.69 Å². The van der Waals surface area contributed by atoms with Gasteiger partial charge in [-0.2, -0.15) is 5.26 Å². The summed E-state index contributed by atoms with van der Waals surface area (Å²) in [6, 6.07) is 10.1. The summed E-state index contributed by atoms with van der Waals surface area (Å²) in [7, 11) is 4.10. The lowest BCUT2D eigenvalue weighted by atomic mass is 10.1. The fourth-order valence-electron chi connectivity index (χ4n) is 2.05. The molecule has 5 heteroatoms. The molecule has 0 aliphatic heterocycles. The van der Waals surface area contributed by atoms with Crippen molar-refractivity contribution in [1.29, 1.82) is 5.26 Å². The fraction of sp³-hybridized carbons (Fsp3) is 0.400. The van der Waals surface area contributed by atoms with E-state index in [0.29, 0.717) is 5.69 Å². The zero-order valence-electron chi connectivity index (χ0n) is 12.1. The Balaban J connectivity index is 2.30. The molecule has 0 spiro atoms. The number of fused-ring (bicyclic) bond motifs is 1. The monoisotopic (exact) mass is 269 g/mol. The van der Waals surface area contributed by atoms with Gasteiger partial charge in [-0.3, -0.25) is 0 Å². The number of nitriles is 1. The molecule has 0 aliphatic rings. The molecular formula is C15H19N5. The minimum Gasteiger partial charge on any atom is -0.380 e. The summed E-state index contributed by atoms with van der Waals surface area (Å²) in [5.41, 5.74) is 1.93. The van der Waals surface area contributed by atoms with E-state index in [9.17, 15) is 5.26 Å². The van der Waals surface area contributed by atoms with E-state index < -0.39 is 0 Å². The first-order valence-electron chi connectivity index (χ1n) is 6.68. The smallest absolute Gasteiger partial charge is 0.186 e. The van der Waals surface area contributed by atoms with Gasteiger partial charge in [0.2, 0.25) is 0 Å². The number of aromatic nitrogens is 2. The first-order valence-corrected chi connectivity index (χ1v) is 6.68. The number of anilines is 1. The van der Waals surface area contributed by atoms with E-state index in [-0.39, 0.29) is 6.04 Å². The SMILES string of the molecule is CC(CCN(C)C)Nc1c(C#N)nnc2ccccc12. The second-order valence-corrected chi connectivity index (χ2v) is 5.19. The van der Waals surface area contributed by atoms with Crippen LogP contribution in [-0.2, 0) is 0 Å². The van der Waals surface area contributed by atoms with Crippen LogP contribution in [0.2, 0.25) is 0 Å². The molecule has 1 N–H and O–H groups in total. The highest BCUT2D eigenvalue weighted by atomic mass is 15.1. The van der Waals surface area contributed by atoms with Crippen molar-refractivity contribution >= 4 is 16.6 Å². The average molecular weight is 269 g/mol. The zero-order chi connectivity index (χ0) is 14.5. The summed E-state index contributed by atoms with van der Waals surface area (Å²) in [5, 5.41) is 21.6. The molecule has 0 bridgehead atoms. The molecule has 1 aromatic carbocycles. The van der Waals surface area contributed by atoms with Crippen molar-refractivity contribution in [3.05, 3.63) is 30.0 Å². The maximum Gasteiger partial charge on any atom is 0.186 e. The van der Waals surface area contributed by atoms with Crippen LogP contribution in [0.5, 0.6) is 0 Å². The van der Waals surface area contributed by atoms with Crippen molar-refractivity contribution in [1.82, 2.24) is 15.1 Å². The lowest BCUT2D eigenvalue weighted by molar-refractivity contribution is 0.390. The van der Waals surface area contributed by atoms with Gasteiger partial charge >= 0.3 is 0 Å². The molecule has 1 atom stereocenters. The maximum absolute atomic E-state index is 9.21. The van der Waals surface area contributed by atoms with Crippen LogP contribution in [0.25, 0.3) is 10.9 Å². The van der Waals surface area contributed by atoms with Gasteiger partial charge in [-0.1, -0.05) is 18.2 Å². The van der Waals surface area contributed by atoms with Crippen LogP contribution in [0.3, 0.4) is 0 Å². The molecule has 2 rings (SSSR count). The van der Waals surface area contributed by atoms with Gasteiger partial charge in [0.25, 0.3) is 0 Å². The van der Waals surface area contributed by atoms with Gasteiger partial charge in [-0.05, 0) is 40.1 Å². The molecule has 0 fully saturated rings. The maximum atomic E-state index is 9.21. The van der Waals surface area contributed by atoms with E-state index in [4.69, 9.17) is 0 Å². The first kappa shape index (κ1) is 14.2. The van der Waals surface area contributed by atoms with Crippen molar-refractivity contribution in [2.45, 2.75) is 19.4 Å². The Morgan fingerprint density at radius 3 is 2.75 bits per heavy atom.